The van der Waals surface area contributed by atoms with Crippen LogP contribution in [0.2, 0.25) is 0 Å². The highest BCUT2D eigenvalue weighted by Gasteiger charge is 2.21. The monoisotopic (exact) mass is 296 g/mol. The second kappa shape index (κ2) is 6.23. The lowest BCUT2D eigenvalue weighted by molar-refractivity contribution is -0.0000127. The van der Waals surface area contributed by atoms with Crippen molar-refractivity contribution < 1.29 is 30.6 Å². The summed E-state index contributed by atoms with van der Waals surface area (Å²) in [5.74, 6) is -1.83. The lowest BCUT2D eigenvalue weighted by atomic mass is 10.1. The van der Waals surface area contributed by atoms with Crippen LogP contribution in [-0.4, -0.2) is 24.0 Å². The largest absolute Gasteiger partial charge is 1.00 e. The van der Waals surface area contributed by atoms with E-state index in [-0.39, 0.29) is 33.6 Å². The van der Waals surface area contributed by atoms with Crippen LogP contribution in [0.25, 0.3) is 0 Å². The van der Waals surface area contributed by atoms with Crippen molar-refractivity contribution in [3.05, 3.63) is 35.4 Å². The van der Waals surface area contributed by atoms with Crippen molar-refractivity contribution in [1.82, 2.24) is 0 Å². The van der Waals surface area contributed by atoms with Crippen LogP contribution in [0.1, 0.15) is 10.4 Å². The number of Topliss-reactive ketones (excluding diaryl/α,β-unsaturated/α-hetero) is 1. The molecule has 5 heteroatoms. The Kier molecular flexibility index (Phi) is 6.05. The third kappa shape index (κ3) is 3.91. The van der Waals surface area contributed by atoms with Gasteiger partial charge in [-0.25, -0.2) is 8.78 Å². The number of hydrogen-bond acceptors (Lipinski definition) is 1. The lowest BCUT2D eigenvalue weighted by Gasteiger charge is -2.01. The molecule has 1 aromatic carbocycles. The van der Waals surface area contributed by atoms with Gasteiger partial charge in [0, 0.05) is 0 Å². The molecule has 0 aliphatic rings. The van der Waals surface area contributed by atoms with E-state index in [0.29, 0.717) is 0 Å². The summed E-state index contributed by atoms with van der Waals surface area (Å²) in [5.41, 5.74) is -0.409. The Morgan fingerprint density at radius 1 is 1.27 bits per heavy atom. The maximum atomic E-state index is 13.1. The fraction of sp³-hybridized carbons (Fsp3) is 0.300. The van der Waals surface area contributed by atoms with E-state index in [0.717, 1.165) is 12.1 Å². The van der Waals surface area contributed by atoms with Gasteiger partial charge >= 0.3 is 0 Å². The summed E-state index contributed by atoms with van der Waals surface area (Å²) in [5, 5.41) is 0. The maximum absolute atomic E-state index is 13.1. The average molecular weight is 297 g/mol. The number of ketones is 1. The first kappa shape index (κ1) is 14.6. The third-order valence-electron chi connectivity index (χ3n) is 1.66. The smallest absolute Gasteiger partial charge is 0.217 e. The van der Waals surface area contributed by atoms with Gasteiger partial charge in [0.2, 0.25) is 5.78 Å². The zero-order valence-corrected chi connectivity index (χ0v) is 10.8. The number of rotatable bonds is 3. The van der Waals surface area contributed by atoms with E-state index in [2.05, 4.69) is 0 Å². The molecule has 0 saturated carbocycles. The zero-order chi connectivity index (χ0) is 10.7. The van der Waals surface area contributed by atoms with Crippen molar-refractivity contribution in [2.75, 3.05) is 18.3 Å². The van der Waals surface area contributed by atoms with Gasteiger partial charge in [-0.05, 0) is 23.0 Å². The van der Waals surface area contributed by atoms with Crippen molar-refractivity contribution in [1.29, 1.82) is 0 Å². The number of hydrogen-bond donors (Lipinski definition) is 0. The summed E-state index contributed by atoms with van der Waals surface area (Å²) >= 11 is 0. The van der Waals surface area contributed by atoms with Crippen molar-refractivity contribution in [3.63, 3.8) is 0 Å². The fourth-order valence-corrected chi connectivity index (χ4v) is 1.77. The van der Waals surface area contributed by atoms with Gasteiger partial charge in [-0.1, -0.05) is 6.07 Å². The van der Waals surface area contributed by atoms with Gasteiger partial charge in [0.05, 0.1) is 18.1 Å². The molecule has 1 rings (SSSR count). The Morgan fingerprint density at radius 3 is 2.13 bits per heavy atom. The molecule has 0 saturated heterocycles. The molecule has 0 bridgehead atoms. The quantitative estimate of drug-likeness (QED) is 0.518. The van der Waals surface area contributed by atoms with Crippen LogP contribution in [0.15, 0.2) is 18.2 Å². The second-order valence-electron chi connectivity index (χ2n) is 3.15. The lowest BCUT2D eigenvalue weighted by Crippen LogP contribution is -3.00. The van der Waals surface area contributed by atoms with Gasteiger partial charge in [-0.15, -0.1) is 0 Å². The fourth-order valence-electron chi connectivity index (χ4n) is 1.10. The van der Waals surface area contributed by atoms with Crippen LogP contribution in [0.5, 0.6) is 0 Å². The van der Waals surface area contributed by atoms with Crippen molar-refractivity contribution in [2.45, 2.75) is 0 Å². The van der Waals surface area contributed by atoms with Crippen LogP contribution < -0.4 is 17.0 Å². The predicted octanol–water partition coefficient (Wildman–Crippen LogP) is -0.971. The molecule has 0 N–H and O–H groups in total. The first-order valence-electron chi connectivity index (χ1n) is 4.03. The molecule has 84 valence electrons. The number of halogens is 3. The molecule has 0 aromatic heterocycles. The van der Waals surface area contributed by atoms with Gasteiger partial charge < -0.3 is 17.0 Å². The molecular formula is C10H11BrF2OS. The molecular weight excluding hydrogens is 286 g/mol. The summed E-state index contributed by atoms with van der Waals surface area (Å²) in [4.78, 5) is 11.4. The molecule has 0 spiro atoms. The SMILES string of the molecule is C[S+](C)CC(=O)c1c(F)cccc1F.[Br-]. The highest BCUT2D eigenvalue weighted by molar-refractivity contribution is 7.96. The zero-order valence-electron chi connectivity index (χ0n) is 8.39. The van der Waals surface area contributed by atoms with E-state index in [4.69, 9.17) is 0 Å². The molecule has 0 aliphatic heterocycles. The van der Waals surface area contributed by atoms with Crippen LogP contribution >= 0.6 is 0 Å². The normalized spacial score (nSPS) is 9.93. The topological polar surface area (TPSA) is 17.1 Å². The summed E-state index contributed by atoms with van der Waals surface area (Å²) in [6.07, 6.45) is 3.72. The van der Waals surface area contributed by atoms with Crippen LogP contribution in [0.4, 0.5) is 8.78 Å². The molecule has 0 aliphatic carbocycles. The molecule has 15 heavy (non-hydrogen) atoms. The summed E-state index contributed by atoms with van der Waals surface area (Å²) in [6.45, 7) is 0. The first-order chi connectivity index (χ1) is 6.52. The standard InChI is InChI=1S/C10H11F2OS.BrH/c1-14(2)6-9(13)10-7(11)4-3-5-8(10)12;/h3-5H,6H2,1-2H3;1H/q+1;/p-1. The molecule has 1 aromatic rings. The highest BCUT2D eigenvalue weighted by Crippen LogP contribution is 2.13. The Hall–Kier alpha value is -0.420. The molecule has 0 amide bonds. The summed E-state index contributed by atoms with van der Waals surface area (Å²) < 4.78 is 26.2. The Balaban J connectivity index is 0.00000196. The molecule has 0 fully saturated rings. The molecule has 0 heterocycles. The highest BCUT2D eigenvalue weighted by atomic mass is 79.9. The molecule has 0 atom stereocenters. The minimum Gasteiger partial charge on any atom is -1.00 e. The minimum atomic E-state index is -0.777. The number of carbonyl (C=O) groups excluding carboxylic acids is 1. The Morgan fingerprint density at radius 2 is 1.73 bits per heavy atom. The van der Waals surface area contributed by atoms with Gasteiger partial charge in [-0.3, -0.25) is 4.79 Å². The average Bonchev–Trinajstić information content (AvgIpc) is 2.01. The third-order valence-corrected chi connectivity index (χ3v) is 2.50. The van der Waals surface area contributed by atoms with Crippen molar-refractivity contribution in [3.8, 4) is 0 Å². The van der Waals surface area contributed by atoms with E-state index in [1.54, 1.807) is 0 Å². The van der Waals surface area contributed by atoms with Gasteiger partial charge in [0.1, 0.15) is 11.6 Å². The van der Waals surface area contributed by atoms with E-state index in [1.165, 1.54) is 6.07 Å². The predicted molar refractivity (Wildman–Crippen MR) is 54.8 cm³/mol. The van der Waals surface area contributed by atoms with E-state index in [1.807, 2.05) is 12.5 Å². The van der Waals surface area contributed by atoms with E-state index in [9.17, 15) is 13.6 Å². The number of benzene rings is 1. The number of carbonyl (C=O) groups is 1. The van der Waals surface area contributed by atoms with Crippen LogP contribution in [0.3, 0.4) is 0 Å². The molecule has 0 unspecified atom stereocenters. The maximum Gasteiger partial charge on any atom is 0.217 e. The van der Waals surface area contributed by atoms with Crippen molar-refractivity contribution in [2.24, 2.45) is 0 Å². The Bertz CT molecular complexity index is 335. The van der Waals surface area contributed by atoms with Gasteiger partial charge in [0.15, 0.2) is 5.75 Å². The summed E-state index contributed by atoms with van der Waals surface area (Å²) in [6, 6.07) is 3.44. The second-order valence-corrected chi connectivity index (χ2v) is 5.41. The van der Waals surface area contributed by atoms with Crippen LogP contribution in [0, 0.1) is 11.6 Å². The van der Waals surface area contributed by atoms with Crippen LogP contribution in [-0.2, 0) is 10.9 Å². The molecule has 1 nitrogen and oxygen atoms in total. The first-order valence-corrected chi connectivity index (χ1v) is 6.25. The Labute approximate surface area is 101 Å². The van der Waals surface area contributed by atoms with E-state index >= 15 is 0 Å². The van der Waals surface area contributed by atoms with Crippen molar-refractivity contribution >= 4 is 16.7 Å². The molecule has 0 radical (unpaired) electrons. The minimum absolute atomic E-state index is 0. The van der Waals surface area contributed by atoms with E-state index < -0.39 is 23.0 Å². The summed E-state index contributed by atoms with van der Waals surface area (Å²) in [7, 11) is -0.146. The van der Waals surface area contributed by atoms with Gasteiger partial charge in [0.25, 0.3) is 0 Å². The van der Waals surface area contributed by atoms with Gasteiger partial charge in [-0.2, -0.15) is 0 Å².